The van der Waals surface area contributed by atoms with Crippen LogP contribution in [0.4, 0.5) is 0 Å². The van der Waals surface area contributed by atoms with Crippen molar-refractivity contribution in [2.24, 2.45) is 5.92 Å². The Labute approximate surface area is 141 Å². The highest BCUT2D eigenvalue weighted by molar-refractivity contribution is 7.89. The fraction of sp³-hybridized carbons (Fsp3) is 0.533. The summed E-state index contributed by atoms with van der Waals surface area (Å²) in [5.41, 5.74) is 0. The number of methoxy groups -OCH3 is 1. The van der Waals surface area contributed by atoms with Crippen molar-refractivity contribution < 1.29 is 22.7 Å². The molecule has 1 aromatic carbocycles. The quantitative estimate of drug-likeness (QED) is 0.752. The van der Waals surface area contributed by atoms with Gasteiger partial charge in [-0.25, -0.2) is 8.42 Å². The first kappa shape index (κ1) is 18.0. The number of halogens is 1. The number of hydrogen-bond donors (Lipinski definition) is 0. The number of hydrogen-bond acceptors (Lipinski definition) is 5. The predicted octanol–water partition coefficient (Wildman–Crippen LogP) is 2.31. The van der Waals surface area contributed by atoms with Crippen molar-refractivity contribution in [2.45, 2.75) is 24.7 Å². The average molecular weight is 362 g/mol. The van der Waals surface area contributed by atoms with Crippen LogP contribution in [0.3, 0.4) is 0 Å². The first-order valence-electron chi connectivity index (χ1n) is 7.40. The highest BCUT2D eigenvalue weighted by atomic mass is 35.5. The van der Waals surface area contributed by atoms with Gasteiger partial charge in [0.05, 0.1) is 29.6 Å². The molecule has 1 aliphatic heterocycles. The molecule has 0 N–H and O–H groups in total. The van der Waals surface area contributed by atoms with E-state index in [1.807, 2.05) is 0 Å². The van der Waals surface area contributed by atoms with E-state index in [1.165, 1.54) is 29.6 Å². The molecule has 0 unspecified atom stereocenters. The number of carbonyl (C=O) groups is 1. The van der Waals surface area contributed by atoms with E-state index in [2.05, 4.69) is 0 Å². The number of carbonyl (C=O) groups excluding carboxylic acids is 1. The summed E-state index contributed by atoms with van der Waals surface area (Å²) in [7, 11) is -2.28. The lowest BCUT2D eigenvalue weighted by Crippen LogP contribution is -2.42. The number of rotatable bonds is 5. The summed E-state index contributed by atoms with van der Waals surface area (Å²) in [6.45, 7) is 2.53. The summed E-state index contributed by atoms with van der Waals surface area (Å²) < 4.78 is 36.9. The van der Waals surface area contributed by atoms with E-state index >= 15 is 0 Å². The zero-order chi connectivity index (χ0) is 17.0. The van der Waals surface area contributed by atoms with Gasteiger partial charge in [0.15, 0.2) is 0 Å². The molecule has 23 heavy (non-hydrogen) atoms. The van der Waals surface area contributed by atoms with Crippen LogP contribution in [-0.2, 0) is 19.6 Å². The Kier molecular flexibility index (Phi) is 5.89. The average Bonchev–Trinajstić information content (AvgIpc) is 2.55. The van der Waals surface area contributed by atoms with Gasteiger partial charge >= 0.3 is 5.97 Å². The Balaban J connectivity index is 2.23. The maximum atomic E-state index is 12.8. The van der Waals surface area contributed by atoms with Gasteiger partial charge in [-0.3, -0.25) is 4.79 Å². The lowest BCUT2D eigenvalue weighted by Gasteiger charge is -2.30. The van der Waals surface area contributed by atoms with Gasteiger partial charge in [0.1, 0.15) is 5.75 Å². The van der Waals surface area contributed by atoms with E-state index in [0.717, 1.165) is 0 Å². The molecule has 2 rings (SSSR count). The molecule has 0 amide bonds. The topological polar surface area (TPSA) is 72.9 Å². The van der Waals surface area contributed by atoms with E-state index in [0.29, 0.717) is 30.2 Å². The summed E-state index contributed by atoms with van der Waals surface area (Å²) in [6, 6.07) is 4.32. The van der Waals surface area contributed by atoms with Gasteiger partial charge in [0.25, 0.3) is 0 Å². The van der Waals surface area contributed by atoms with Gasteiger partial charge in [-0.1, -0.05) is 11.6 Å². The molecule has 6 nitrogen and oxygen atoms in total. The van der Waals surface area contributed by atoms with Crippen LogP contribution in [0, 0.1) is 5.92 Å². The number of nitrogens with zero attached hydrogens (tertiary/aromatic N) is 1. The molecule has 0 bridgehead atoms. The Bertz CT molecular complexity index is 676. The van der Waals surface area contributed by atoms with Crippen molar-refractivity contribution in [1.82, 2.24) is 4.31 Å². The number of sulfonamides is 1. The van der Waals surface area contributed by atoms with E-state index < -0.39 is 15.9 Å². The molecule has 128 valence electrons. The zero-order valence-electron chi connectivity index (χ0n) is 13.1. The normalized spacial score (nSPS) is 19.3. The van der Waals surface area contributed by atoms with Crippen LogP contribution in [0.2, 0.25) is 5.02 Å². The second-order valence-corrected chi connectivity index (χ2v) is 7.60. The standard InChI is InChI=1S/C15H20ClNO5S/c1-3-22-15(18)11-5-4-8-17(10-11)23(19,20)12-6-7-13(16)14(9-12)21-2/h6-7,9,11H,3-5,8,10H2,1-2H3/t11-/m1/s1. The SMILES string of the molecule is CCOC(=O)[C@@H]1CCCN(S(=O)(=O)c2ccc(Cl)c(OC)c2)C1. The largest absolute Gasteiger partial charge is 0.495 e. The molecule has 0 aliphatic carbocycles. The first-order chi connectivity index (χ1) is 10.9. The van der Waals surface area contributed by atoms with Crippen molar-refractivity contribution in [3.05, 3.63) is 23.2 Å². The third-order valence-corrected chi connectivity index (χ3v) is 5.94. The van der Waals surface area contributed by atoms with Crippen molar-refractivity contribution in [3.8, 4) is 5.75 Å². The Hall–Kier alpha value is -1.31. The van der Waals surface area contributed by atoms with E-state index in [-0.39, 0.29) is 24.0 Å². The Morgan fingerprint density at radius 3 is 2.83 bits per heavy atom. The molecule has 0 radical (unpaired) electrons. The number of esters is 1. The van der Waals surface area contributed by atoms with Crippen LogP contribution in [0.25, 0.3) is 0 Å². The highest BCUT2D eigenvalue weighted by Crippen LogP contribution is 2.30. The Morgan fingerprint density at radius 1 is 1.43 bits per heavy atom. The maximum absolute atomic E-state index is 12.8. The van der Waals surface area contributed by atoms with E-state index in [9.17, 15) is 13.2 Å². The van der Waals surface area contributed by atoms with Gasteiger partial charge in [-0.2, -0.15) is 4.31 Å². The van der Waals surface area contributed by atoms with Gasteiger partial charge < -0.3 is 9.47 Å². The third-order valence-electron chi connectivity index (χ3n) is 3.76. The second kappa shape index (κ2) is 7.51. The molecule has 0 aromatic heterocycles. The number of ether oxygens (including phenoxy) is 2. The van der Waals surface area contributed by atoms with Gasteiger partial charge in [0.2, 0.25) is 10.0 Å². The van der Waals surface area contributed by atoms with Crippen LogP contribution in [0.5, 0.6) is 5.75 Å². The van der Waals surface area contributed by atoms with E-state index in [1.54, 1.807) is 6.92 Å². The molecular formula is C15H20ClNO5S. The number of piperidine rings is 1. The smallest absolute Gasteiger partial charge is 0.310 e. The number of benzene rings is 1. The van der Waals surface area contributed by atoms with Gasteiger partial charge in [0, 0.05) is 19.2 Å². The Morgan fingerprint density at radius 2 is 2.17 bits per heavy atom. The monoisotopic (exact) mass is 361 g/mol. The fourth-order valence-electron chi connectivity index (χ4n) is 2.56. The van der Waals surface area contributed by atoms with E-state index in [4.69, 9.17) is 21.1 Å². The molecule has 1 aromatic rings. The molecule has 1 heterocycles. The summed E-state index contributed by atoms with van der Waals surface area (Å²) in [5.74, 6) is -0.472. The molecule has 1 aliphatic rings. The summed E-state index contributed by atoms with van der Waals surface area (Å²) >= 11 is 5.94. The highest BCUT2D eigenvalue weighted by Gasteiger charge is 2.34. The van der Waals surface area contributed by atoms with Crippen molar-refractivity contribution in [3.63, 3.8) is 0 Å². The maximum Gasteiger partial charge on any atom is 0.310 e. The van der Waals surface area contributed by atoms with Crippen LogP contribution in [0.15, 0.2) is 23.1 Å². The van der Waals surface area contributed by atoms with Crippen molar-refractivity contribution >= 4 is 27.6 Å². The molecule has 1 fully saturated rings. The van der Waals surface area contributed by atoms with Crippen molar-refractivity contribution in [1.29, 1.82) is 0 Å². The fourth-order valence-corrected chi connectivity index (χ4v) is 4.30. The zero-order valence-corrected chi connectivity index (χ0v) is 14.7. The van der Waals surface area contributed by atoms with Crippen LogP contribution >= 0.6 is 11.6 Å². The lowest BCUT2D eigenvalue weighted by molar-refractivity contribution is -0.149. The molecule has 8 heteroatoms. The van der Waals surface area contributed by atoms with Crippen molar-refractivity contribution in [2.75, 3.05) is 26.8 Å². The minimum atomic E-state index is -3.71. The summed E-state index contributed by atoms with van der Waals surface area (Å²) in [4.78, 5) is 12.0. The minimum Gasteiger partial charge on any atom is -0.495 e. The molecule has 1 saturated heterocycles. The lowest BCUT2D eigenvalue weighted by atomic mass is 10.0. The minimum absolute atomic E-state index is 0.100. The molecule has 0 saturated carbocycles. The van der Waals surface area contributed by atoms with Crippen LogP contribution in [-0.4, -0.2) is 45.5 Å². The van der Waals surface area contributed by atoms with Gasteiger partial charge in [-0.15, -0.1) is 0 Å². The van der Waals surface area contributed by atoms with Gasteiger partial charge in [-0.05, 0) is 31.9 Å². The molecule has 1 atom stereocenters. The van der Waals surface area contributed by atoms with Crippen LogP contribution < -0.4 is 4.74 Å². The molecular weight excluding hydrogens is 342 g/mol. The summed E-state index contributed by atoms with van der Waals surface area (Å²) in [6.07, 6.45) is 1.25. The second-order valence-electron chi connectivity index (χ2n) is 5.25. The first-order valence-corrected chi connectivity index (χ1v) is 9.22. The molecule has 0 spiro atoms. The predicted molar refractivity (Wildman–Crippen MR) is 86.1 cm³/mol. The summed E-state index contributed by atoms with van der Waals surface area (Å²) in [5, 5.41) is 0.342. The van der Waals surface area contributed by atoms with Crippen LogP contribution in [0.1, 0.15) is 19.8 Å². The third kappa shape index (κ3) is 3.97.